The Morgan fingerprint density at radius 1 is 0.340 bits per heavy atom. The van der Waals surface area contributed by atoms with Crippen LogP contribution >= 0.6 is 0 Å². The van der Waals surface area contributed by atoms with E-state index in [0.29, 0.717) is 0 Å². The fourth-order valence-corrected chi connectivity index (χ4v) is 7.86. The summed E-state index contributed by atoms with van der Waals surface area (Å²) in [5.74, 6) is 0. The molecule has 0 amide bonds. The summed E-state index contributed by atoms with van der Waals surface area (Å²) in [6.45, 7) is 8.96. The van der Waals surface area contributed by atoms with Crippen LogP contribution in [0.4, 0.5) is 0 Å². The summed E-state index contributed by atoms with van der Waals surface area (Å²) in [6, 6.07) is 50.8. The molecule has 0 saturated carbocycles. The summed E-state index contributed by atoms with van der Waals surface area (Å²) >= 11 is 0. The van der Waals surface area contributed by atoms with Crippen LogP contribution in [0.2, 0.25) is 0 Å². The van der Waals surface area contributed by atoms with Gasteiger partial charge in [-0.2, -0.15) is 0 Å². The van der Waals surface area contributed by atoms with Gasteiger partial charge < -0.3 is 0 Å². The zero-order valence-electron chi connectivity index (χ0n) is 30.4. The minimum Gasteiger partial charge on any atom is -0.0654 e. The van der Waals surface area contributed by atoms with Gasteiger partial charge in [-0.3, -0.25) is 0 Å². The van der Waals surface area contributed by atoms with Crippen molar-refractivity contribution >= 4 is 21.5 Å². The Bertz CT molecular complexity index is 2120. The largest absolute Gasteiger partial charge is 0.0654 e. The smallest absolute Gasteiger partial charge is 0.00259 e. The van der Waals surface area contributed by atoms with Crippen LogP contribution in [0.3, 0.4) is 0 Å². The van der Waals surface area contributed by atoms with Crippen LogP contribution < -0.4 is 0 Å². The fourth-order valence-electron chi connectivity index (χ4n) is 7.86. The lowest BCUT2D eigenvalue weighted by molar-refractivity contribution is 0.709. The maximum absolute atomic E-state index is 2.50. The van der Waals surface area contributed by atoms with Crippen molar-refractivity contribution in [3.8, 4) is 44.5 Å². The summed E-state index contributed by atoms with van der Waals surface area (Å²) in [4.78, 5) is 0. The Morgan fingerprint density at radius 2 is 0.740 bits per heavy atom. The van der Waals surface area contributed by atoms with Gasteiger partial charge in [0.1, 0.15) is 0 Å². The van der Waals surface area contributed by atoms with Gasteiger partial charge in [0.25, 0.3) is 0 Å². The number of fused-ring (bicyclic) bond motifs is 2. The van der Waals surface area contributed by atoms with Gasteiger partial charge in [0.2, 0.25) is 0 Å². The van der Waals surface area contributed by atoms with Gasteiger partial charge in [-0.25, -0.2) is 0 Å². The van der Waals surface area contributed by atoms with Gasteiger partial charge in [-0.15, -0.1) is 0 Å². The topological polar surface area (TPSA) is 0 Å². The molecule has 50 heavy (non-hydrogen) atoms. The number of unbranched alkanes of at least 4 members (excludes halogenated alkanes) is 4. The molecule has 0 heteroatoms. The quantitative estimate of drug-likeness (QED) is 0.0912. The third-order valence-electron chi connectivity index (χ3n) is 10.3. The lowest BCUT2D eigenvalue weighted by atomic mass is 9.83. The monoisotopic (exact) mass is 650 g/mol. The van der Waals surface area contributed by atoms with Crippen molar-refractivity contribution in [1.82, 2.24) is 0 Å². The van der Waals surface area contributed by atoms with E-state index in [9.17, 15) is 0 Å². The fraction of sp³-hybridized carbons (Fsp3) is 0.240. The van der Waals surface area contributed by atoms with Crippen molar-refractivity contribution in [1.29, 1.82) is 0 Å². The van der Waals surface area contributed by atoms with Crippen LogP contribution in [0.1, 0.15) is 74.6 Å². The van der Waals surface area contributed by atoms with Crippen LogP contribution in [0.5, 0.6) is 0 Å². The van der Waals surface area contributed by atoms with Crippen LogP contribution in [0, 0.1) is 13.8 Å². The highest BCUT2D eigenvalue weighted by atomic mass is 14.2. The molecule has 0 aliphatic carbocycles. The minimum absolute atomic E-state index is 1.14. The van der Waals surface area contributed by atoms with Crippen molar-refractivity contribution in [3.05, 3.63) is 156 Å². The zero-order valence-corrected chi connectivity index (χ0v) is 30.4. The average molecular weight is 651 g/mol. The molecule has 7 aromatic carbocycles. The lowest BCUT2D eigenvalue weighted by Gasteiger charge is -2.20. The molecule has 0 fully saturated rings. The van der Waals surface area contributed by atoms with Crippen LogP contribution in [-0.2, 0) is 12.8 Å². The Hall–Kier alpha value is -4.94. The molecule has 7 aromatic rings. The normalized spacial score (nSPS) is 11.4. The second-order valence-electron chi connectivity index (χ2n) is 14.3. The Labute approximate surface area is 299 Å². The van der Waals surface area contributed by atoms with Gasteiger partial charge in [-0.1, -0.05) is 166 Å². The highest BCUT2D eigenvalue weighted by molar-refractivity contribution is 6.21. The lowest BCUT2D eigenvalue weighted by Crippen LogP contribution is -1.96. The number of rotatable bonds is 12. The van der Waals surface area contributed by atoms with Gasteiger partial charge >= 0.3 is 0 Å². The van der Waals surface area contributed by atoms with E-state index in [-0.39, 0.29) is 0 Å². The predicted octanol–water partition coefficient (Wildman–Crippen LogP) is 14.7. The molecule has 0 atom stereocenters. The first-order chi connectivity index (χ1) is 24.5. The molecule has 250 valence electrons. The Morgan fingerprint density at radius 3 is 1.14 bits per heavy atom. The molecular weight excluding hydrogens is 601 g/mol. The number of aryl methyl sites for hydroxylation is 4. The molecule has 0 bridgehead atoms. The first kappa shape index (κ1) is 33.6. The van der Waals surface area contributed by atoms with E-state index >= 15 is 0 Å². The van der Waals surface area contributed by atoms with Crippen molar-refractivity contribution in [2.75, 3.05) is 0 Å². The molecule has 7 rings (SSSR count). The second kappa shape index (κ2) is 15.3. The molecular formula is C50H50. The van der Waals surface area contributed by atoms with Crippen LogP contribution in [-0.4, -0.2) is 0 Å². The summed E-state index contributed by atoms with van der Waals surface area (Å²) in [5, 5.41) is 5.26. The van der Waals surface area contributed by atoms with Gasteiger partial charge in [-0.05, 0) is 135 Å². The molecule has 0 aliphatic rings. The Kier molecular flexibility index (Phi) is 10.3. The van der Waals surface area contributed by atoms with Gasteiger partial charge in [0.15, 0.2) is 0 Å². The zero-order chi connectivity index (χ0) is 34.5. The maximum atomic E-state index is 2.50. The maximum Gasteiger partial charge on any atom is -0.00259 e. The van der Waals surface area contributed by atoms with E-state index in [4.69, 9.17) is 0 Å². The Balaban J connectivity index is 1.49. The summed E-state index contributed by atoms with van der Waals surface area (Å²) < 4.78 is 0. The van der Waals surface area contributed by atoms with Crippen molar-refractivity contribution in [3.63, 3.8) is 0 Å². The third kappa shape index (κ3) is 7.17. The standard InChI is InChI=1S/C50H50/c1-5-7-9-19-37-29-38(20-10-8-6-2)31-43(30-37)49-45-23-11-13-25-47(45)50(48-26-14-12-24-46(48)49)44-33-41(39-21-15-17-35(3)27-39)32-42(34-44)40-22-16-18-36(4)28-40/h11-18,21-34H,5-10,19-20H2,1-4H3. The summed E-state index contributed by atoms with van der Waals surface area (Å²) in [5.41, 5.74) is 15.8. The summed E-state index contributed by atoms with van der Waals surface area (Å²) in [6.07, 6.45) is 9.83. The van der Waals surface area contributed by atoms with E-state index in [1.807, 2.05) is 0 Å². The molecule has 0 saturated heterocycles. The van der Waals surface area contributed by atoms with Gasteiger partial charge in [0.05, 0.1) is 0 Å². The number of benzene rings is 7. The molecule has 0 radical (unpaired) electrons. The van der Waals surface area contributed by atoms with Gasteiger partial charge in [0, 0.05) is 0 Å². The number of hydrogen-bond acceptors (Lipinski definition) is 0. The first-order valence-corrected chi connectivity index (χ1v) is 18.9. The van der Waals surface area contributed by atoms with Crippen molar-refractivity contribution in [2.45, 2.75) is 79.1 Å². The highest BCUT2D eigenvalue weighted by Gasteiger charge is 2.19. The van der Waals surface area contributed by atoms with Crippen LogP contribution in [0.15, 0.2) is 133 Å². The van der Waals surface area contributed by atoms with Crippen molar-refractivity contribution in [2.24, 2.45) is 0 Å². The predicted molar refractivity (Wildman–Crippen MR) is 219 cm³/mol. The first-order valence-electron chi connectivity index (χ1n) is 18.9. The minimum atomic E-state index is 1.14. The SMILES string of the molecule is CCCCCc1cc(CCCCC)cc(-c2c3ccccc3c(-c3cc(-c4cccc(C)c4)cc(-c4cccc(C)c4)c3)c3ccccc23)c1. The molecule has 0 aromatic heterocycles. The van der Waals surface area contributed by atoms with E-state index in [1.165, 1.54) is 127 Å². The molecule has 0 N–H and O–H groups in total. The van der Waals surface area contributed by atoms with E-state index in [0.717, 1.165) is 12.8 Å². The van der Waals surface area contributed by atoms with Crippen LogP contribution in [0.25, 0.3) is 66.1 Å². The highest BCUT2D eigenvalue weighted by Crippen LogP contribution is 2.45. The molecule has 0 spiro atoms. The van der Waals surface area contributed by atoms with E-state index in [1.54, 1.807) is 0 Å². The average Bonchev–Trinajstić information content (AvgIpc) is 3.14. The third-order valence-corrected chi connectivity index (χ3v) is 10.3. The summed E-state index contributed by atoms with van der Waals surface area (Å²) in [7, 11) is 0. The van der Waals surface area contributed by atoms with Crippen molar-refractivity contribution < 1.29 is 0 Å². The van der Waals surface area contributed by atoms with E-state index in [2.05, 4.69) is 161 Å². The molecule has 0 heterocycles. The molecule has 0 nitrogen and oxygen atoms in total. The molecule has 0 aliphatic heterocycles. The second-order valence-corrected chi connectivity index (χ2v) is 14.3. The molecule has 0 unspecified atom stereocenters. The van der Waals surface area contributed by atoms with E-state index < -0.39 is 0 Å². The number of hydrogen-bond donors (Lipinski definition) is 0.